The van der Waals surface area contributed by atoms with Crippen LogP contribution < -0.4 is 0 Å². The normalized spacial score (nSPS) is 10.7. The lowest BCUT2D eigenvalue weighted by atomic mass is 10.0. The molecule has 0 bridgehead atoms. The van der Waals surface area contributed by atoms with Gasteiger partial charge in [-0.1, -0.05) is 42.5 Å². The zero-order valence-electron chi connectivity index (χ0n) is 10.9. The fourth-order valence-electron chi connectivity index (χ4n) is 1.85. The number of carbonyl (C=O) groups excluding carboxylic acids is 1. The quantitative estimate of drug-likeness (QED) is 0.366. The van der Waals surface area contributed by atoms with Crippen molar-refractivity contribution in [2.45, 2.75) is 6.92 Å². The highest BCUT2D eigenvalue weighted by Gasteiger charge is 2.06. The minimum Gasteiger partial charge on any atom is -0.289 e. The number of non-ortho nitro benzene ring substituents is 1. The Labute approximate surface area is 116 Å². The Balaban J connectivity index is 2.21. The Hall–Kier alpha value is -2.75. The van der Waals surface area contributed by atoms with Crippen LogP contribution in [0.5, 0.6) is 0 Å². The molecule has 100 valence electrons. The first-order valence-corrected chi connectivity index (χ1v) is 6.10. The molecule has 4 nitrogen and oxygen atoms in total. The van der Waals surface area contributed by atoms with E-state index in [1.807, 2.05) is 19.1 Å². The SMILES string of the molecule is Cc1ccccc1C(=O)C=Cc1cccc([N+](=O)[O-])c1. The van der Waals surface area contributed by atoms with Gasteiger partial charge in [-0.3, -0.25) is 14.9 Å². The van der Waals surface area contributed by atoms with Crippen molar-refractivity contribution in [3.63, 3.8) is 0 Å². The second kappa shape index (κ2) is 5.93. The van der Waals surface area contributed by atoms with Crippen LogP contribution in [0.3, 0.4) is 0 Å². The average Bonchev–Trinajstić information content (AvgIpc) is 2.45. The van der Waals surface area contributed by atoms with Crippen LogP contribution in [0.1, 0.15) is 21.5 Å². The van der Waals surface area contributed by atoms with Crippen molar-refractivity contribution in [1.29, 1.82) is 0 Å². The number of carbonyl (C=O) groups is 1. The molecule has 0 saturated heterocycles. The Morgan fingerprint density at radius 3 is 2.60 bits per heavy atom. The van der Waals surface area contributed by atoms with Gasteiger partial charge in [0.15, 0.2) is 5.78 Å². The Kier molecular flexibility index (Phi) is 4.05. The van der Waals surface area contributed by atoms with E-state index in [1.54, 1.807) is 30.3 Å². The van der Waals surface area contributed by atoms with Crippen molar-refractivity contribution in [3.05, 3.63) is 81.4 Å². The maximum Gasteiger partial charge on any atom is 0.270 e. The van der Waals surface area contributed by atoms with Gasteiger partial charge in [-0.25, -0.2) is 0 Å². The number of ketones is 1. The molecule has 0 N–H and O–H groups in total. The lowest BCUT2D eigenvalue weighted by molar-refractivity contribution is -0.384. The molecule has 0 aromatic heterocycles. The summed E-state index contributed by atoms with van der Waals surface area (Å²) < 4.78 is 0. The molecule has 0 saturated carbocycles. The minimum absolute atomic E-state index is 0.00971. The third kappa shape index (κ3) is 3.17. The largest absolute Gasteiger partial charge is 0.289 e. The molecule has 0 unspecified atom stereocenters. The molecule has 2 rings (SSSR count). The van der Waals surface area contributed by atoms with Gasteiger partial charge in [-0.15, -0.1) is 0 Å². The Morgan fingerprint density at radius 1 is 1.15 bits per heavy atom. The molecule has 20 heavy (non-hydrogen) atoms. The van der Waals surface area contributed by atoms with E-state index in [1.165, 1.54) is 18.2 Å². The molecule has 2 aromatic rings. The smallest absolute Gasteiger partial charge is 0.270 e. The van der Waals surface area contributed by atoms with E-state index in [0.717, 1.165) is 5.56 Å². The van der Waals surface area contributed by atoms with Crippen LogP contribution in [0.2, 0.25) is 0 Å². The number of hydrogen-bond donors (Lipinski definition) is 0. The van der Waals surface area contributed by atoms with Crippen LogP contribution in [-0.4, -0.2) is 10.7 Å². The number of nitro groups is 1. The summed E-state index contributed by atoms with van der Waals surface area (Å²) in [5, 5.41) is 10.7. The summed E-state index contributed by atoms with van der Waals surface area (Å²) in [6.45, 7) is 1.87. The van der Waals surface area contributed by atoms with E-state index in [4.69, 9.17) is 0 Å². The Bertz CT molecular complexity index is 690. The molecule has 0 heterocycles. The monoisotopic (exact) mass is 267 g/mol. The van der Waals surface area contributed by atoms with Crippen molar-refractivity contribution in [2.24, 2.45) is 0 Å². The first kappa shape index (κ1) is 13.7. The predicted molar refractivity (Wildman–Crippen MR) is 77.6 cm³/mol. The van der Waals surface area contributed by atoms with E-state index in [0.29, 0.717) is 11.1 Å². The van der Waals surface area contributed by atoms with Crippen LogP contribution in [0.15, 0.2) is 54.6 Å². The molecule has 0 aliphatic carbocycles. The van der Waals surface area contributed by atoms with Crippen LogP contribution in [-0.2, 0) is 0 Å². The third-order valence-electron chi connectivity index (χ3n) is 2.92. The number of nitrogens with zero attached hydrogens (tertiary/aromatic N) is 1. The second-order valence-corrected chi connectivity index (χ2v) is 4.36. The summed E-state index contributed by atoms with van der Waals surface area (Å²) in [7, 11) is 0. The van der Waals surface area contributed by atoms with Gasteiger partial charge in [0, 0.05) is 17.7 Å². The summed E-state index contributed by atoms with van der Waals surface area (Å²) in [6.07, 6.45) is 3.02. The lowest BCUT2D eigenvalue weighted by Gasteiger charge is -2.00. The van der Waals surface area contributed by atoms with Crippen molar-refractivity contribution >= 4 is 17.5 Å². The highest BCUT2D eigenvalue weighted by molar-refractivity contribution is 6.07. The zero-order valence-corrected chi connectivity index (χ0v) is 10.9. The molecule has 0 radical (unpaired) electrons. The second-order valence-electron chi connectivity index (χ2n) is 4.36. The van der Waals surface area contributed by atoms with Gasteiger partial charge in [0.1, 0.15) is 0 Å². The maximum atomic E-state index is 12.0. The summed E-state index contributed by atoms with van der Waals surface area (Å²) in [5.41, 5.74) is 2.17. The van der Waals surface area contributed by atoms with Crippen LogP contribution >= 0.6 is 0 Å². The fourth-order valence-corrected chi connectivity index (χ4v) is 1.85. The molecular weight excluding hydrogens is 254 g/mol. The molecule has 0 fully saturated rings. The predicted octanol–water partition coefficient (Wildman–Crippen LogP) is 3.80. The van der Waals surface area contributed by atoms with Crippen molar-refractivity contribution in [3.8, 4) is 0 Å². The fraction of sp³-hybridized carbons (Fsp3) is 0.0625. The number of hydrogen-bond acceptors (Lipinski definition) is 3. The molecule has 0 atom stereocenters. The number of aryl methyl sites for hydroxylation is 1. The highest BCUT2D eigenvalue weighted by atomic mass is 16.6. The number of rotatable bonds is 4. The van der Waals surface area contributed by atoms with Gasteiger partial charge in [0.2, 0.25) is 0 Å². The number of nitro benzene ring substituents is 1. The summed E-state index contributed by atoms with van der Waals surface area (Å²) in [6, 6.07) is 13.5. The number of allylic oxidation sites excluding steroid dienone is 1. The first-order chi connectivity index (χ1) is 9.58. The zero-order chi connectivity index (χ0) is 14.5. The standard InChI is InChI=1S/C16H13NO3/c1-12-5-2-3-8-15(12)16(18)10-9-13-6-4-7-14(11-13)17(19)20/h2-11H,1H3. The van der Waals surface area contributed by atoms with Gasteiger partial charge < -0.3 is 0 Å². The molecule has 0 spiro atoms. The van der Waals surface area contributed by atoms with Gasteiger partial charge in [0.25, 0.3) is 5.69 Å². The van der Waals surface area contributed by atoms with E-state index in [9.17, 15) is 14.9 Å². The molecule has 4 heteroatoms. The van der Waals surface area contributed by atoms with E-state index < -0.39 is 4.92 Å². The van der Waals surface area contributed by atoms with Gasteiger partial charge in [-0.2, -0.15) is 0 Å². The van der Waals surface area contributed by atoms with Crippen LogP contribution in [0.25, 0.3) is 6.08 Å². The summed E-state index contributed by atoms with van der Waals surface area (Å²) >= 11 is 0. The molecule has 2 aromatic carbocycles. The van der Waals surface area contributed by atoms with Crippen molar-refractivity contribution in [2.75, 3.05) is 0 Å². The summed E-state index contributed by atoms with van der Waals surface area (Å²) in [5.74, 6) is -0.116. The average molecular weight is 267 g/mol. The molecule has 0 aliphatic rings. The molecule has 0 amide bonds. The topological polar surface area (TPSA) is 60.2 Å². The van der Waals surface area contributed by atoms with Crippen LogP contribution in [0.4, 0.5) is 5.69 Å². The minimum atomic E-state index is -0.458. The first-order valence-electron chi connectivity index (χ1n) is 6.10. The molecular formula is C16H13NO3. The van der Waals surface area contributed by atoms with Crippen molar-refractivity contribution < 1.29 is 9.72 Å². The van der Waals surface area contributed by atoms with Gasteiger partial charge in [0.05, 0.1) is 4.92 Å². The molecule has 0 aliphatic heterocycles. The van der Waals surface area contributed by atoms with Gasteiger partial charge in [-0.05, 0) is 24.1 Å². The van der Waals surface area contributed by atoms with E-state index >= 15 is 0 Å². The number of benzene rings is 2. The van der Waals surface area contributed by atoms with Crippen LogP contribution in [0, 0.1) is 17.0 Å². The van der Waals surface area contributed by atoms with Gasteiger partial charge >= 0.3 is 0 Å². The van der Waals surface area contributed by atoms with E-state index in [-0.39, 0.29) is 11.5 Å². The van der Waals surface area contributed by atoms with E-state index in [2.05, 4.69) is 0 Å². The third-order valence-corrected chi connectivity index (χ3v) is 2.92. The maximum absolute atomic E-state index is 12.0. The highest BCUT2D eigenvalue weighted by Crippen LogP contribution is 2.15. The summed E-state index contributed by atoms with van der Waals surface area (Å²) in [4.78, 5) is 22.3. The van der Waals surface area contributed by atoms with Crippen molar-refractivity contribution in [1.82, 2.24) is 0 Å². The Morgan fingerprint density at radius 2 is 1.90 bits per heavy atom. The lowest BCUT2D eigenvalue weighted by Crippen LogP contribution is -1.97.